The second-order valence-electron chi connectivity index (χ2n) is 6.70. The number of nitrogens with zero attached hydrogens (tertiary/aromatic N) is 2. The maximum Gasteiger partial charge on any atom is 0.170 e. The van der Waals surface area contributed by atoms with Gasteiger partial charge in [-0.25, -0.2) is 0 Å². The number of pyridine rings is 1. The van der Waals surface area contributed by atoms with E-state index in [0.29, 0.717) is 16.7 Å². The first-order chi connectivity index (χ1) is 13.6. The first-order valence-corrected chi connectivity index (χ1v) is 9.82. The number of hydrogen-bond donors (Lipinski definition) is 2. The van der Waals surface area contributed by atoms with Gasteiger partial charge >= 0.3 is 0 Å². The van der Waals surface area contributed by atoms with Crippen molar-refractivity contribution in [3.05, 3.63) is 76.8 Å². The fraction of sp³-hybridized carbons (Fsp3) is 0.238. The highest BCUT2D eigenvalue weighted by Gasteiger charge is 2.41. The van der Waals surface area contributed by atoms with Gasteiger partial charge in [-0.15, -0.1) is 0 Å². The SMILES string of the molecule is Cc1ccc(Cl)cc1-c1ccc([C@@H]2[C@@H](c3ccccn3)NC(=S)N2CCO)o1. The van der Waals surface area contributed by atoms with E-state index in [-0.39, 0.29) is 18.7 Å². The normalized spacial score (nSPS) is 19.1. The lowest BCUT2D eigenvalue weighted by molar-refractivity contribution is 0.209. The number of halogens is 1. The molecule has 7 heteroatoms. The summed E-state index contributed by atoms with van der Waals surface area (Å²) in [6.07, 6.45) is 1.76. The topological polar surface area (TPSA) is 61.5 Å². The van der Waals surface area contributed by atoms with Crippen LogP contribution in [0.3, 0.4) is 0 Å². The summed E-state index contributed by atoms with van der Waals surface area (Å²) >= 11 is 11.7. The largest absolute Gasteiger partial charge is 0.459 e. The van der Waals surface area contributed by atoms with Crippen LogP contribution in [-0.2, 0) is 0 Å². The summed E-state index contributed by atoms with van der Waals surface area (Å²) in [6, 6.07) is 15.1. The lowest BCUT2D eigenvalue weighted by Crippen LogP contribution is -2.32. The van der Waals surface area contributed by atoms with Crippen molar-refractivity contribution in [1.29, 1.82) is 0 Å². The van der Waals surface area contributed by atoms with Crippen LogP contribution >= 0.6 is 23.8 Å². The van der Waals surface area contributed by atoms with E-state index in [4.69, 9.17) is 28.2 Å². The molecule has 2 N–H and O–H groups in total. The van der Waals surface area contributed by atoms with Gasteiger partial charge in [0.2, 0.25) is 0 Å². The number of aromatic nitrogens is 1. The zero-order chi connectivity index (χ0) is 19.7. The molecule has 1 aliphatic heterocycles. The highest BCUT2D eigenvalue weighted by Crippen LogP contribution is 2.40. The monoisotopic (exact) mass is 413 g/mol. The molecule has 3 heterocycles. The minimum Gasteiger partial charge on any atom is -0.459 e. The Labute approximate surface area is 174 Å². The number of β-amino-alcohol motifs (C(OH)–C–C–N with tert-alkyl or cyclic N) is 1. The van der Waals surface area contributed by atoms with Gasteiger partial charge in [0, 0.05) is 23.3 Å². The molecule has 1 fully saturated rings. The Morgan fingerprint density at radius 3 is 2.86 bits per heavy atom. The average Bonchev–Trinajstić information content (AvgIpc) is 3.30. The fourth-order valence-corrected chi connectivity index (χ4v) is 4.08. The third-order valence-corrected chi connectivity index (χ3v) is 5.51. The Hall–Kier alpha value is -2.41. The van der Waals surface area contributed by atoms with Crippen LogP contribution in [0, 0.1) is 6.92 Å². The molecule has 0 unspecified atom stereocenters. The Morgan fingerprint density at radius 2 is 2.11 bits per heavy atom. The highest BCUT2D eigenvalue weighted by atomic mass is 35.5. The van der Waals surface area contributed by atoms with Crippen LogP contribution in [0.15, 0.2) is 59.1 Å². The van der Waals surface area contributed by atoms with E-state index < -0.39 is 0 Å². The molecule has 3 aromatic rings. The second-order valence-corrected chi connectivity index (χ2v) is 7.53. The van der Waals surface area contributed by atoms with Gasteiger partial charge in [-0.1, -0.05) is 23.7 Å². The van der Waals surface area contributed by atoms with Gasteiger partial charge < -0.3 is 19.7 Å². The Bertz CT molecular complexity index is 992. The van der Waals surface area contributed by atoms with Crippen molar-refractivity contribution < 1.29 is 9.52 Å². The van der Waals surface area contributed by atoms with Gasteiger partial charge in [-0.05, 0) is 61.1 Å². The van der Waals surface area contributed by atoms with Crippen molar-refractivity contribution in [1.82, 2.24) is 15.2 Å². The molecular formula is C21H20ClN3O2S. The number of nitrogens with one attached hydrogen (secondary N) is 1. The van der Waals surface area contributed by atoms with E-state index in [2.05, 4.69) is 10.3 Å². The van der Waals surface area contributed by atoms with Crippen molar-refractivity contribution >= 4 is 28.9 Å². The minimum absolute atomic E-state index is 0.00573. The molecule has 2 aromatic heterocycles. The third-order valence-electron chi connectivity index (χ3n) is 4.92. The highest BCUT2D eigenvalue weighted by molar-refractivity contribution is 7.80. The molecule has 144 valence electrons. The minimum atomic E-state index is -0.206. The van der Waals surface area contributed by atoms with E-state index in [0.717, 1.165) is 28.3 Å². The van der Waals surface area contributed by atoms with Gasteiger partial charge in [-0.2, -0.15) is 0 Å². The maximum absolute atomic E-state index is 9.53. The van der Waals surface area contributed by atoms with Gasteiger partial charge in [0.15, 0.2) is 5.11 Å². The summed E-state index contributed by atoms with van der Waals surface area (Å²) < 4.78 is 6.26. The van der Waals surface area contributed by atoms with E-state index in [1.54, 1.807) is 6.20 Å². The molecule has 1 aliphatic rings. The Kier molecular flexibility index (Phi) is 5.35. The summed E-state index contributed by atoms with van der Waals surface area (Å²) in [6.45, 7) is 2.43. The second kappa shape index (κ2) is 7.91. The summed E-state index contributed by atoms with van der Waals surface area (Å²) in [5, 5.41) is 14.1. The number of rotatable bonds is 5. The number of aliphatic hydroxyl groups is 1. The predicted octanol–water partition coefficient (Wildman–Crippen LogP) is 4.27. The number of furan rings is 1. The molecule has 0 spiro atoms. The van der Waals surface area contributed by atoms with Crippen molar-refractivity contribution in [2.45, 2.75) is 19.0 Å². The third kappa shape index (κ3) is 3.51. The van der Waals surface area contributed by atoms with E-state index >= 15 is 0 Å². The van der Waals surface area contributed by atoms with Crippen LogP contribution in [0.2, 0.25) is 5.02 Å². The Morgan fingerprint density at radius 1 is 1.25 bits per heavy atom. The van der Waals surface area contributed by atoms with Gasteiger partial charge in [0.25, 0.3) is 0 Å². The van der Waals surface area contributed by atoms with Gasteiger partial charge in [0.1, 0.15) is 17.6 Å². The predicted molar refractivity (Wildman–Crippen MR) is 113 cm³/mol. The molecule has 0 amide bonds. The smallest absolute Gasteiger partial charge is 0.170 e. The van der Waals surface area contributed by atoms with Crippen LogP contribution in [0.25, 0.3) is 11.3 Å². The van der Waals surface area contributed by atoms with Gasteiger partial charge in [0.05, 0.1) is 18.3 Å². The van der Waals surface area contributed by atoms with Crippen molar-refractivity contribution in [3.63, 3.8) is 0 Å². The lowest BCUT2D eigenvalue weighted by Gasteiger charge is -2.25. The summed E-state index contributed by atoms with van der Waals surface area (Å²) in [7, 11) is 0. The molecule has 0 aliphatic carbocycles. The molecule has 4 rings (SSSR count). The van der Waals surface area contributed by atoms with Crippen LogP contribution < -0.4 is 5.32 Å². The quantitative estimate of drug-likeness (QED) is 0.609. The molecule has 1 aromatic carbocycles. The van der Waals surface area contributed by atoms with Crippen molar-refractivity contribution in [3.8, 4) is 11.3 Å². The van der Waals surface area contributed by atoms with E-state index in [9.17, 15) is 5.11 Å². The molecule has 28 heavy (non-hydrogen) atoms. The summed E-state index contributed by atoms with van der Waals surface area (Å²) in [4.78, 5) is 6.43. The first kappa shape index (κ1) is 18.9. The molecule has 0 radical (unpaired) electrons. The molecule has 1 saturated heterocycles. The number of aryl methyl sites for hydroxylation is 1. The van der Waals surface area contributed by atoms with Crippen LogP contribution in [0.1, 0.15) is 29.1 Å². The zero-order valence-corrected chi connectivity index (χ0v) is 16.9. The van der Waals surface area contributed by atoms with Crippen LogP contribution in [-0.4, -0.2) is 33.3 Å². The first-order valence-electron chi connectivity index (χ1n) is 9.03. The Balaban J connectivity index is 1.75. The van der Waals surface area contributed by atoms with E-state index in [1.165, 1.54) is 0 Å². The van der Waals surface area contributed by atoms with Gasteiger partial charge in [-0.3, -0.25) is 4.98 Å². The molecular weight excluding hydrogens is 394 g/mol. The average molecular weight is 414 g/mol. The summed E-state index contributed by atoms with van der Waals surface area (Å²) in [5.41, 5.74) is 2.90. The molecule has 0 bridgehead atoms. The molecule has 5 nitrogen and oxygen atoms in total. The maximum atomic E-state index is 9.53. The summed E-state index contributed by atoms with van der Waals surface area (Å²) in [5.74, 6) is 1.50. The zero-order valence-electron chi connectivity index (χ0n) is 15.3. The lowest BCUT2D eigenvalue weighted by atomic mass is 10.0. The van der Waals surface area contributed by atoms with Crippen molar-refractivity contribution in [2.75, 3.05) is 13.2 Å². The van der Waals surface area contributed by atoms with Crippen LogP contribution in [0.4, 0.5) is 0 Å². The number of benzene rings is 1. The standard InChI is InChI=1S/C21H20ClN3O2S/c1-13-5-6-14(22)12-15(13)17-7-8-18(27-17)20-19(16-4-2-3-9-23-16)24-21(28)25(20)10-11-26/h2-9,12,19-20,26H,10-11H2,1H3,(H,24,28)/t19-,20-/m1/s1. The molecule has 2 atom stereocenters. The number of hydrogen-bond acceptors (Lipinski definition) is 4. The van der Waals surface area contributed by atoms with Crippen molar-refractivity contribution in [2.24, 2.45) is 0 Å². The van der Waals surface area contributed by atoms with E-state index in [1.807, 2.05) is 60.4 Å². The number of thiocarbonyl (C=S) groups is 1. The number of aliphatic hydroxyl groups excluding tert-OH is 1. The van der Waals surface area contributed by atoms with Crippen LogP contribution in [0.5, 0.6) is 0 Å². The molecule has 0 saturated carbocycles. The fourth-order valence-electron chi connectivity index (χ4n) is 3.58.